The van der Waals surface area contributed by atoms with Crippen molar-refractivity contribution >= 4 is 22.9 Å². The van der Waals surface area contributed by atoms with E-state index < -0.39 is 41.7 Å². The average Bonchev–Trinajstić information content (AvgIpc) is 2.23. The number of aliphatic hydroxyl groups is 5. The molecule has 0 rings (SSSR count). The van der Waals surface area contributed by atoms with Crippen LogP contribution in [-0.4, -0.2) is 67.2 Å². The SMILES string of the molecule is CC(=O)C(=S)C(O)C(O)C(O)C(O)CO.[Au]. The van der Waals surface area contributed by atoms with Crippen molar-refractivity contribution in [2.75, 3.05) is 6.61 Å². The summed E-state index contributed by atoms with van der Waals surface area (Å²) in [7, 11) is 0. The van der Waals surface area contributed by atoms with E-state index in [0.29, 0.717) is 0 Å². The van der Waals surface area contributed by atoms with Crippen molar-refractivity contribution in [1.29, 1.82) is 0 Å². The van der Waals surface area contributed by atoms with E-state index in [0.717, 1.165) is 6.92 Å². The van der Waals surface area contributed by atoms with Crippen LogP contribution in [0, 0.1) is 0 Å². The predicted octanol–water partition coefficient (Wildman–Crippen LogP) is -2.62. The number of aliphatic hydroxyl groups excluding tert-OH is 5. The summed E-state index contributed by atoms with van der Waals surface area (Å²) < 4.78 is 0. The molecular weight excluding hydrogens is 421 g/mol. The molecule has 4 atom stereocenters. The Balaban J connectivity index is 0. The van der Waals surface area contributed by atoms with Gasteiger partial charge in [-0.3, -0.25) is 4.79 Å². The number of thiocarbonyl (C=S) groups is 1. The third-order valence-electron chi connectivity index (χ3n) is 1.87. The van der Waals surface area contributed by atoms with Crippen LogP contribution in [0.3, 0.4) is 0 Å². The molecule has 0 aromatic heterocycles. The third-order valence-corrected chi connectivity index (χ3v) is 2.40. The fourth-order valence-corrected chi connectivity index (χ4v) is 1.03. The molecule has 8 heteroatoms. The number of rotatable bonds is 6. The van der Waals surface area contributed by atoms with Gasteiger partial charge in [0.1, 0.15) is 24.4 Å². The van der Waals surface area contributed by atoms with E-state index in [9.17, 15) is 20.1 Å². The quantitative estimate of drug-likeness (QED) is 0.229. The van der Waals surface area contributed by atoms with Crippen molar-refractivity contribution in [2.45, 2.75) is 31.3 Å². The Morgan fingerprint density at radius 2 is 1.62 bits per heavy atom. The normalized spacial score (nSPS) is 17.9. The van der Waals surface area contributed by atoms with E-state index in [4.69, 9.17) is 10.2 Å². The van der Waals surface area contributed by atoms with Crippen molar-refractivity contribution < 1.29 is 52.7 Å². The molecule has 0 aliphatic rings. The van der Waals surface area contributed by atoms with E-state index in [2.05, 4.69) is 12.2 Å². The van der Waals surface area contributed by atoms with Gasteiger partial charge in [-0.15, -0.1) is 0 Å². The van der Waals surface area contributed by atoms with Gasteiger partial charge >= 0.3 is 0 Å². The van der Waals surface area contributed by atoms with Crippen LogP contribution in [-0.2, 0) is 27.2 Å². The molecule has 6 nitrogen and oxygen atoms in total. The molecule has 0 aliphatic carbocycles. The summed E-state index contributed by atoms with van der Waals surface area (Å²) in [5.41, 5.74) is 0. The molecule has 0 saturated carbocycles. The van der Waals surface area contributed by atoms with Crippen molar-refractivity contribution in [1.82, 2.24) is 0 Å². The van der Waals surface area contributed by atoms with E-state index in [1.54, 1.807) is 0 Å². The summed E-state index contributed by atoms with van der Waals surface area (Å²) in [5.74, 6) is -0.609. The van der Waals surface area contributed by atoms with Crippen LogP contribution < -0.4 is 0 Å². The first kappa shape index (κ1) is 18.7. The Morgan fingerprint density at radius 1 is 1.19 bits per heavy atom. The second-order valence-corrected chi connectivity index (χ2v) is 3.54. The number of hydrogen-bond acceptors (Lipinski definition) is 7. The molecule has 5 N–H and O–H groups in total. The number of Topliss-reactive ketones (excluding diaryl/α,β-unsaturated/α-hetero) is 1. The molecule has 1 radical (unpaired) electrons. The molecule has 99 valence electrons. The van der Waals surface area contributed by atoms with Crippen LogP contribution in [0.5, 0.6) is 0 Å². The molecule has 0 spiro atoms. The van der Waals surface area contributed by atoms with Crippen molar-refractivity contribution in [3.05, 3.63) is 0 Å². The molecular formula is C8H14AuO6S. The second kappa shape index (κ2) is 8.40. The summed E-state index contributed by atoms with van der Waals surface area (Å²) in [5, 5.41) is 45.2. The first-order chi connectivity index (χ1) is 6.82. The van der Waals surface area contributed by atoms with Gasteiger partial charge in [0.15, 0.2) is 5.78 Å². The summed E-state index contributed by atoms with van der Waals surface area (Å²) in [4.78, 5) is 10.3. The maximum absolute atomic E-state index is 10.7. The van der Waals surface area contributed by atoms with Crippen molar-refractivity contribution in [3.8, 4) is 0 Å². The monoisotopic (exact) mass is 435 g/mol. The number of carbonyl (C=O) groups excluding carboxylic acids is 1. The molecule has 0 aliphatic heterocycles. The first-order valence-electron chi connectivity index (χ1n) is 4.20. The van der Waals surface area contributed by atoms with Gasteiger partial charge in [0.25, 0.3) is 0 Å². The van der Waals surface area contributed by atoms with Gasteiger partial charge in [-0.2, -0.15) is 0 Å². The first-order valence-corrected chi connectivity index (χ1v) is 4.61. The molecule has 0 fully saturated rings. The van der Waals surface area contributed by atoms with Gasteiger partial charge in [0, 0.05) is 22.4 Å². The predicted molar refractivity (Wildman–Crippen MR) is 54.4 cm³/mol. The van der Waals surface area contributed by atoms with E-state index in [1.165, 1.54) is 0 Å². The summed E-state index contributed by atoms with van der Waals surface area (Å²) >= 11 is 4.50. The maximum atomic E-state index is 10.7. The van der Waals surface area contributed by atoms with Crippen LogP contribution in [0.1, 0.15) is 6.92 Å². The van der Waals surface area contributed by atoms with Gasteiger partial charge in [-0.1, -0.05) is 12.2 Å². The number of ketones is 1. The van der Waals surface area contributed by atoms with Crippen LogP contribution >= 0.6 is 12.2 Å². The van der Waals surface area contributed by atoms with Gasteiger partial charge in [-0.25, -0.2) is 0 Å². The summed E-state index contributed by atoms with van der Waals surface area (Å²) in [6.07, 6.45) is -6.94. The topological polar surface area (TPSA) is 118 Å². The molecule has 0 aromatic carbocycles. The maximum Gasteiger partial charge on any atom is 0.169 e. The van der Waals surface area contributed by atoms with E-state index >= 15 is 0 Å². The summed E-state index contributed by atoms with van der Waals surface area (Å²) in [6.45, 7) is 0.324. The molecule has 16 heavy (non-hydrogen) atoms. The Morgan fingerprint density at radius 3 is 1.94 bits per heavy atom. The Bertz CT molecular complexity index is 249. The smallest absolute Gasteiger partial charge is 0.169 e. The van der Waals surface area contributed by atoms with Gasteiger partial charge in [0.05, 0.1) is 11.5 Å². The van der Waals surface area contributed by atoms with Crippen LogP contribution in [0.4, 0.5) is 0 Å². The molecule has 0 aromatic rings. The minimum absolute atomic E-state index is 0. The molecule has 0 bridgehead atoms. The molecule has 0 heterocycles. The van der Waals surface area contributed by atoms with Gasteiger partial charge in [0.2, 0.25) is 0 Å². The Kier molecular flexibility index (Phi) is 9.80. The standard InChI is InChI=1S/C8H14O6S.Au/c1-3(10)8(15)7(14)6(13)5(12)4(11)2-9;/h4-7,9,11-14H,2H2,1H3;. The number of hydrogen-bond donors (Lipinski definition) is 5. The van der Waals surface area contributed by atoms with Crippen molar-refractivity contribution in [2.24, 2.45) is 0 Å². The van der Waals surface area contributed by atoms with Gasteiger partial charge < -0.3 is 25.5 Å². The van der Waals surface area contributed by atoms with Crippen LogP contribution in [0.2, 0.25) is 0 Å². The minimum atomic E-state index is -1.82. The molecule has 4 unspecified atom stereocenters. The van der Waals surface area contributed by atoms with E-state index in [1.807, 2.05) is 0 Å². The van der Waals surface area contributed by atoms with Crippen molar-refractivity contribution in [3.63, 3.8) is 0 Å². The molecule has 0 amide bonds. The largest absolute Gasteiger partial charge is 0.394 e. The molecule has 0 saturated heterocycles. The Hall–Kier alpha value is 0.300. The average molecular weight is 435 g/mol. The summed E-state index contributed by atoms with van der Waals surface area (Å²) in [6, 6.07) is 0. The second-order valence-electron chi connectivity index (χ2n) is 3.10. The Labute approximate surface area is 113 Å². The fourth-order valence-electron chi connectivity index (χ4n) is 0.886. The van der Waals surface area contributed by atoms with Crippen LogP contribution in [0.15, 0.2) is 0 Å². The zero-order valence-electron chi connectivity index (χ0n) is 8.37. The van der Waals surface area contributed by atoms with E-state index in [-0.39, 0.29) is 22.4 Å². The fraction of sp³-hybridized carbons (Fsp3) is 0.750. The number of carbonyl (C=O) groups is 1. The minimum Gasteiger partial charge on any atom is -0.394 e. The van der Waals surface area contributed by atoms with Crippen LogP contribution in [0.25, 0.3) is 0 Å². The zero-order valence-corrected chi connectivity index (χ0v) is 11.4. The zero-order chi connectivity index (χ0) is 12.2. The van der Waals surface area contributed by atoms with Gasteiger partial charge in [-0.05, 0) is 6.92 Å². The third kappa shape index (κ3) is 5.09.